The summed E-state index contributed by atoms with van der Waals surface area (Å²) in [5.41, 5.74) is 6.67. The van der Waals surface area contributed by atoms with Gasteiger partial charge in [-0.3, -0.25) is 9.78 Å². The number of nitrogens with zero attached hydrogens (tertiary/aromatic N) is 2. The summed E-state index contributed by atoms with van der Waals surface area (Å²) in [5.74, 6) is -0.160. The Morgan fingerprint density at radius 1 is 0.857 bits per heavy atom. The van der Waals surface area contributed by atoms with E-state index in [-0.39, 0.29) is 5.91 Å². The van der Waals surface area contributed by atoms with Crippen LogP contribution in [0.15, 0.2) is 66.7 Å². The molecule has 2 aromatic heterocycles. The van der Waals surface area contributed by atoms with Gasteiger partial charge in [0.1, 0.15) is 0 Å². The van der Waals surface area contributed by atoms with Crippen LogP contribution in [0.5, 0.6) is 0 Å². The highest BCUT2D eigenvalue weighted by atomic mass is 16.1. The SMILES string of the molecule is Cc1cc(C)c(NC(=O)c2cc(-c3ccccc3)nc3ccccc23)c(C)n1. The molecule has 0 radical (unpaired) electrons. The van der Waals surface area contributed by atoms with E-state index in [2.05, 4.69) is 10.3 Å². The van der Waals surface area contributed by atoms with E-state index in [0.717, 1.165) is 44.8 Å². The van der Waals surface area contributed by atoms with Crippen molar-refractivity contribution in [1.82, 2.24) is 9.97 Å². The highest BCUT2D eigenvalue weighted by molar-refractivity contribution is 6.13. The molecule has 28 heavy (non-hydrogen) atoms. The third-order valence-electron chi connectivity index (χ3n) is 4.79. The van der Waals surface area contributed by atoms with Crippen LogP contribution in [0.4, 0.5) is 5.69 Å². The average Bonchev–Trinajstić information content (AvgIpc) is 2.70. The van der Waals surface area contributed by atoms with Crippen molar-refractivity contribution in [2.45, 2.75) is 20.8 Å². The highest BCUT2D eigenvalue weighted by Crippen LogP contribution is 2.27. The minimum Gasteiger partial charge on any atom is -0.320 e. The summed E-state index contributed by atoms with van der Waals surface area (Å²) < 4.78 is 0. The van der Waals surface area contributed by atoms with Crippen molar-refractivity contribution in [1.29, 1.82) is 0 Å². The van der Waals surface area contributed by atoms with E-state index in [0.29, 0.717) is 5.56 Å². The molecule has 0 aliphatic heterocycles. The van der Waals surface area contributed by atoms with E-state index in [1.165, 1.54) is 0 Å². The summed E-state index contributed by atoms with van der Waals surface area (Å²) >= 11 is 0. The number of rotatable bonds is 3. The lowest BCUT2D eigenvalue weighted by atomic mass is 10.0. The number of aromatic nitrogens is 2. The number of nitrogens with one attached hydrogen (secondary N) is 1. The van der Waals surface area contributed by atoms with Gasteiger partial charge in [0.25, 0.3) is 5.91 Å². The van der Waals surface area contributed by atoms with Gasteiger partial charge in [0.05, 0.1) is 28.2 Å². The van der Waals surface area contributed by atoms with Crippen LogP contribution >= 0.6 is 0 Å². The number of amides is 1. The molecule has 0 fully saturated rings. The van der Waals surface area contributed by atoms with Gasteiger partial charge in [-0.05, 0) is 44.5 Å². The van der Waals surface area contributed by atoms with Gasteiger partial charge in [0.15, 0.2) is 0 Å². The second kappa shape index (κ2) is 7.24. The van der Waals surface area contributed by atoms with Gasteiger partial charge in [-0.15, -0.1) is 0 Å². The fourth-order valence-electron chi connectivity index (χ4n) is 3.51. The van der Waals surface area contributed by atoms with Crippen LogP contribution in [0, 0.1) is 20.8 Å². The fourth-order valence-corrected chi connectivity index (χ4v) is 3.51. The lowest BCUT2D eigenvalue weighted by Crippen LogP contribution is -2.15. The first-order valence-electron chi connectivity index (χ1n) is 9.24. The second-order valence-corrected chi connectivity index (χ2v) is 6.93. The molecule has 0 aliphatic carbocycles. The van der Waals surface area contributed by atoms with E-state index in [4.69, 9.17) is 4.98 Å². The first-order valence-corrected chi connectivity index (χ1v) is 9.24. The number of para-hydroxylation sites is 1. The molecule has 0 spiro atoms. The number of hydrogen-bond donors (Lipinski definition) is 1. The number of anilines is 1. The van der Waals surface area contributed by atoms with Gasteiger partial charge in [-0.1, -0.05) is 48.5 Å². The Morgan fingerprint density at radius 2 is 1.57 bits per heavy atom. The second-order valence-electron chi connectivity index (χ2n) is 6.93. The Labute approximate surface area is 164 Å². The lowest BCUT2D eigenvalue weighted by Gasteiger charge is -2.14. The lowest BCUT2D eigenvalue weighted by molar-refractivity contribution is 0.102. The fraction of sp³-hybridized carbons (Fsp3) is 0.125. The third kappa shape index (κ3) is 3.37. The number of fused-ring (bicyclic) bond motifs is 1. The molecule has 2 aromatic carbocycles. The first kappa shape index (κ1) is 17.9. The molecule has 1 N–H and O–H groups in total. The van der Waals surface area contributed by atoms with Crippen molar-refractivity contribution in [3.05, 3.63) is 89.2 Å². The topological polar surface area (TPSA) is 54.9 Å². The number of hydrogen-bond acceptors (Lipinski definition) is 3. The van der Waals surface area contributed by atoms with Crippen LogP contribution in [0.25, 0.3) is 22.2 Å². The zero-order valence-corrected chi connectivity index (χ0v) is 16.2. The van der Waals surface area contributed by atoms with Gasteiger partial charge in [0.2, 0.25) is 0 Å². The molecule has 0 saturated carbocycles. The summed E-state index contributed by atoms with van der Waals surface area (Å²) in [4.78, 5) is 22.5. The summed E-state index contributed by atoms with van der Waals surface area (Å²) in [6.07, 6.45) is 0. The number of aryl methyl sites for hydroxylation is 3. The maximum absolute atomic E-state index is 13.2. The van der Waals surface area contributed by atoms with Crippen LogP contribution in [0.3, 0.4) is 0 Å². The van der Waals surface area contributed by atoms with E-state index >= 15 is 0 Å². The summed E-state index contributed by atoms with van der Waals surface area (Å²) in [7, 11) is 0. The Bertz CT molecular complexity index is 1160. The predicted octanol–water partition coefficient (Wildman–Crippen LogP) is 5.47. The van der Waals surface area contributed by atoms with E-state index in [9.17, 15) is 4.79 Å². The minimum absolute atomic E-state index is 0.160. The molecular weight excluding hydrogens is 346 g/mol. The van der Waals surface area contributed by atoms with E-state index in [1.807, 2.05) is 87.5 Å². The molecule has 4 rings (SSSR count). The maximum atomic E-state index is 13.2. The van der Waals surface area contributed by atoms with Crippen molar-refractivity contribution in [3.8, 4) is 11.3 Å². The molecule has 0 atom stereocenters. The van der Waals surface area contributed by atoms with Crippen molar-refractivity contribution in [2.75, 3.05) is 5.32 Å². The Morgan fingerprint density at radius 3 is 2.32 bits per heavy atom. The van der Waals surface area contributed by atoms with Crippen molar-refractivity contribution in [2.24, 2.45) is 0 Å². The monoisotopic (exact) mass is 367 g/mol. The average molecular weight is 367 g/mol. The van der Waals surface area contributed by atoms with Gasteiger partial charge in [0, 0.05) is 16.6 Å². The van der Waals surface area contributed by atoms with Gasteiger partial charge in [-0.2, -0.15) is 0 Å². The molecule has 0 aliphatic rings. The Balaban J connectivity index is 1.82. The minimum atomic E-state index is -0.160. The molecular formula is C24H21N3O. The van der Waals surface area contributed by atoms with Crippen LogP contribution in [-0.2, 0) is 0 Å². The van der Waals surface area contributed by atoms with Crippen LogP contribution < -0.4 is 5.32 Å². The summed E-state index contributed by atoms with van der Waals surface area (Å²) in [6, 6.07) is 21.5. The first-order chi connectivity index (χ1) is 13.5. The van der Waals surface area contributed by atoms with Crippen molar-refractivity contribution in [3.63, 3.8) is 0 Å². The van der Waals surface area contributed by atoms with E-state index in [1.54, 1.807) is 0 Å². The maximum Gasteiger partial charge on any atom is 0.256 e. The number of pyridine rings is 2. The standard InChI is InChI=1S/C24H21N3O/c1-15-13-16(2)25-17(3)23(15)27-24(28)20-14-22(18-9-5-4-6-10-18)26-21-12-8-7-11-19(20)21/h4-14H,1-3H3,(H,27,28). The smallest absolute Gasteiger partial charge is 0.256 e. The molecule has 0 bridgehead atoms. The normalized spacial score (nSPS) is 10.8. The molecule has 0 saturated heterocycles. The Kier molecular flexibility index (Phi) is 4.62. The largest absolute Gasteiger partial charge is 0.320 e. The summed E-state index contributed by atoms with van der Waals surface area (Å²) in [6.45, 7) is 5.85. The van der Waals surface area contributed by atoms with E-state index < -0.39 is 0 Å². The molecule has 4 heteroatoms. The van der Waals surface area contributed by atoms with Gasteiger partial charge in [-0.25, -0.2) is 4.98 Å². The zero-order valence-electron chi connectivity index (χ0n) is 16.2. The third-order valence-corrected chi connectivity index (χ3v) is 4.79. The van der Waals surface area contributed by atoms with Gasteiger partial charge >= 0.3 is 0 Å². The molecule has 0 unspecified atom stereocenters. The molecule has 2 heterocycles. The highest BCUT2D eigenvalue weighted by Gasteiger charge is 2.16. The molecule has 4 nitrogen and oxygen atoms in total. The predicted molar refractivity (Wildman–Crippen MR) is 114 cm³/mol. The molecule has 1 amide bonds. The van der Waals surface area contributed by atoms with Crippen LogP contribution in [0.1, 0.15) is 27.3 Å². The van der Waals surface area contributed by atoms with Crippen LogP contribution in [-0.4, -0.2) is 15.9 Å². The Hall–Kier alpha value is -3.53. The number of benzene rings is 2. The quantitative estimate of drug-likeness (QED) is 0.522. The van der Waals surface area contributed by atoms with Gasteiger partial charge < -0.3 is 5.32 Å². The number of carbonyl (C=O) groups is 1. The molecule has 4 aromatic rings. The van der Waals surface area contributed by atoms with Crippen LogP contribution in [0.2, 0.25) is 0 Å². The summed E-state index contributed by atoms with van der Waals surface area (Å²) in [5, 5.41) is 3.89. The van der Waals surface area contributed by atoms with Crippen molar-refractivity contribution >= 4 is 22.5 Å². The van der Waals surface area contributed by atoms with Crippen molar-refractivity contribution < 1.29 is 4.79 Å². The number of carbonyl (C=O) groups excluding carboxylic acids is 1. The molecule has 138 valence electrons. The zero-order chi connectivity index (χ0) is 19.7.